The molecule has 1 aromatic rings. The van der Waals surface area contributed by atoms with Gasteiger partial charge in [0, 0.05) is 32.4 Å². The van der Waals surface area contributed by atoms with Gasteiger partial charge in [-0.3, -0.25) is 4.90 Å². The first kappa shape index (κ1) is 13.3. The van der Waals surface area contributed by atoms with E-state index < -0.39 is 0 Å². The summed E-state index contributed by atoms with van der Waals surface area (Å²) < 4.78 is 0. The van der Waals surface area contributed by atoms with Gasteiger partial charge in [-0.05, 0) is 51.2 Å². The molecular weight excluding hydrogens is 224 g/mol. The van der Waals surface area contributed by atoms with Crippen molar-refractivity contribution in [3.8, 4) is 0 Å². The second-order valence-corrected chi connectivity index (χ2v) is 5.27. The van der Waals surface area contributed by atoms with Crippen molar-refractivity contribution in [2.24, 2.45) is 0 Å². The molecule has 0 saturated carbocycles. The van der Waals surface area contributed by atoms with Crippen LogP contribution in [0.25, 0.3) is 0 Å². The van der Waals surface area contributed by atoms with Crippen molar-refractivity contribution in [3.63, 3.8) is 0 Å². The van der Waals surface area contributed by atoms with E-state index in [9.17, 15) is 0 Å². The zero-order chi connectivity index (χ0) is 13.0. The number of likely N-dealkylation sites (N-methyl/N-ethyl adjacent to an activating group) is 2. The molecule has 0 amide bonds. The van der Waals surface area contributed by atoms with Gasteiger partial charge in [0.15, 0.2) is 0 Å². The van der Waals surface area contributed by atoms with E-state index >= 15 is 0 Å². The quantitative estimate of drug-likeness (QED) is 0.878. The first-order chi connectivity index (χ1) is 8.69. The molecule has 4 nitrogen and oxygen atoms in total. The van der Waals surface area contributed by atoms with Crippen LogP contribution in [0, 0.1) is 0 Å². The summed E-state index contributed by atoms with van der Waals surface area (Å²) in [4.78, 5) is 9.14. The van der Waals surface area contributed by atoms with Gasteiger partial charge in [0.1, 0.15) is 5.82 Å². The van der Waals surface area contributed by atoms with Crippen LogP contribution in [0.15, 0.2) is 18.3 Å². The number of hydrogen-bond donors (Lipinski definition) is 1. The van der Waals surface area contributed by atoms with Gasteiger partial charge in [0.25, 0.3) is 0 Å². The summed E-state index contributed by atoms with van der Waals surface area (Å²) in [6, 6.07) is 4.90. The number of likely N-dealkylation sites (tertiary alicyclic amines) is 1. The Hall–Kier alpha value is -1.13. The highest BCUT2D eigenvalue weighted by molar-refractivity contribution is 5.36. The maximum absolute atomic E-state index is 4.25. The maximum atomic E-state index is 4.25. The highest BCUT2D eigenvalue weighted by Gasteiger charge is 2.20. The largest absolute Gasteiger partial charge is 0.373 e. The molecule has 18 heavy (non-hydrogen) atoms. The topological polar surface area (TPSA) is 31.4 Å². The standard InChI is InChI=1S/C14H24N4/c1-15-14-9-12(6-7-16-14)10-18(3)13-5-4-8-17(2)11-13/h6-7,9,13H,4-5,8,10-11H2,1-3H3,(H,15,16). The predicted molar refractivity (Wildman–Crippen MR) is 75.8 cm³/mol. The molecule has 0 radical (unpaired) electrons. The minimum atomic E-state index is 0.676. The number of nitrogens with zero attached hydrogens (tertiary/aromatic N) is 3. The molecule has 1 unspecified atom stereocenters. The van der Waals surface area contributed by atoms with Crippen molar-refractivity contribution in [2.75, 3.05) is 39.5 Å². The predicted octanol–water partition coefficient (Wildman–Crippen LogP) is 1.65. The average Bonchev–Trinajstić information content (AvgIpc) is 2.39. The molecule has 1 atom stereocenters. The molecule has 0 aromatic carbocycles. The zero-order valence-electron chi connectivity index (χ0n) is 11.7. The van der Waals surface area contributed by atoms with Crippen LogP contribution >= 0.6 is 0 Å². The zero-order valence-corrected chi connectivity index (χ0v) is 11.7. The van der Waals surface area contributed by atoms with Gasteiger partial charge in [-0.2, -0.15) is 0 Å². The van der Waals surface area contributed by atoms with Gasteiger partial charge >= 0.3 is 0 Å². The van der Waals surface area contributed by atoms with Crippen molar-refractivity contribution in [1.29, 1.82) is 0 Å². The minimum absolute atomic E-state index is 0.676. The van der Waals surface area contributed by atoms with Gasteiger partial charge in [-0.15, -0.1) is 0 Å². The Labute approximate surface area is 110 Å². The van der Waals surface area contributed by atoms with E-state index in [0.29, 0.717) is 6.04 Å². The molecule has 0 aliphatic carbocycles. The molecule has 0 spiro atoms. The van der Waals surface area contributed by atoms with Gasteiger partial charge in [0.2, 0.25) is 0 Å². The number of aromatic nitrogens is 1. The number of anilines is 1. The van der Waals surface area contributed by atoms with Crippen LogP contribution in [0.3, 0.4) is 0 Å². The lowest BCUT2D eigenvalue weighted by Gasteiger charge is -2.35. The molecule has 2 heterocycles. The Kier molecular flexibility index (Phi) is 4.55. The van der Waals surface area contributed by atoms with Crippen molar-refractivity contribution >= 4 is 5.82 Å². The van der Waals surface area contributed by atoms with Crippen LogP contribution in [-0.2, 0) is 6.54 Å². The van der Waals surface area contributed by atoms with Crippen LogP contribution in [0.5, 0.6) is 0 Å². The molecule has 1 aliphatic rings. The van der Waals surface area contributed by atoms with Crippen molar-refractivity contribution in [3.05, 3.63) is 23.9 Å². The monoisotopic (exact) mass is 248 g/mol. The van der Waals surface area contributed by atoms with Gasteiger partial charge in [0.05, 0.1) is 0 Å². The fraction of sp³-hybridized carbons (Fsp3) is 0.643. The van der Waals surface area contributed by atoms with Crippen LogP contribution in [0.2, 0.25) is 0 Å². The lowest BCUT2D eigenvalue weighted by Crippen LogP contribution is -2.44. The van der Waals surface area contributed by atoms with Gasteiger partial charge < -0.3 is 10.2 Å². The third-order valence-corrected chi connectivity index (χ3v) is 3.74. The Morgan fingerprint density at radius 1 is 1.56 bits per heavy atom. The summed E-state index contributed by atoms with van der Waals surface area (Å²) in [5, 5.41) is 3.09. The summed E-state index contributed by atoms with van der Waals surface area (Å²) in [5.41, 5.74) is 1.32. The SMILES string of the molecule is CNc1cc(CN(C)C2CCCN(C)C2)ccn1. The Bertz CT molecular complexity index is 380. The highest BCUT2D eigenvalue weighted by Crippen LogP contribution is 2.16. The second kappa shape index (κ2) is 6.16. The molecular formula is C14H24N4. The normalized spacial score (nSPS) is 21.2. The number of rotatable bonds is 4. The molecule has 1 N–H and O–H groups in total. The summed E-state index contributed by atoms with van der Waals surface area (Å²) in [6.07, 6.45) is 4.50. The number of nitrogens with one attached hydrogen (secondary N) is 1. The van der Waals surface area contributed by atoms with Crippen molar-refractivity contribution in [1.82, 2.24) is 14.8 Å². The van der Waals surface area contributed by atoms with E-state index in [0.717, 1.165) is 12.4 Å². The van der Waals surface area contributed by atoms with E-state index in [-0.39, 0.29) is 0 Å². The summed E-state index contributed by atoms with van der Waals surface area (Å²) in [5.74, 6) is 0.946. The van der Waals surface area contributed by atoms with Crippen LogP contribution < -0.4 is 5.32 Å². The van der Waals surface area contributed by atoms with Crippen LogP contribution in [0.4, 0.5) is 5.82 Å². The lowest BCUT2D eigenvalue weighted by atomic mass is 10.0. The van der Waals surface area contributed by atoms with Gasteiger partial charge in [-0.25, -0.2) is 4.98 Å². The van der Waals surface area contributed by atoms with E-state index in [1.165, 1.54) is 31.5 Å². The number of pyridine rings is 1. The second-order valence-electron chi connectivity index (χ2n) is 5.27. The molecule has 1 saturated heterocycles. The highest BCUT2D eigenvalue weighted by atomic mass is 15.2. The molecule has 0 bridgehead atoms. The summed E-state index contributed by atoms with van der Waals surface area (Å²) in [6.45, 7) is 3.42. The molecule has 100 valence electrons. The minimum Gasteiger partial charge on any atom is -0.373 e. The van der Waals surface area contributed by atoms with Crippen molar-refractivity contribution < 1.29 is 0 Å². The third kappa shape index (κ3) is 3.43. The van der Waals surface area contributed by atoms with Gasteiger partial charge in [-0.1, -0.05) is 0 Å². The van der Waals surface area contributed by atoms with Crippen LogP contribution in [-0.4, -0.2) is 55.1 Å². The molecule has 1 aromatic heterocycles. The first-order valence-corrected chi connectivity index (χ1v) is 6.70. The van der Waals surface area contributed by atoms with E-state index in [2.05, 4.69) is 46.3 Å². The average molecular weight is 248 g/mol. The fourth-order valence-electron chi connectivity index (χ4n) is 2.63. The third-order valence-electron chi connectivity index (χ3n) is 3.74. The Morgan fingerprint density at radius 2 is 2.39 bits per heavy atom. The Balaban J connectivity index is 1.95. The summed E-state index contributed by atoms with van der Waals surface area (Å²) >= 11 is 0. The number of hydrogen-bond acceptors (Lipinski definition) is 4. The first-order valence-electron chi connectivity index (χ1n) is 6.70. The van der Waals surface area contributed by atoms with E-state index in [1.807, 2.05) is 13.2 Å². The number of piperidine rings is 1. The maximum Gasteiger partial charge on any atom is 0.125 e. The fourth-order valence-corrected chi connectivity index (χ4v) is 2.63. The smallest absolute Gasteiger partial charge is 0.125 e. The van der Waals surface area contributed by atoms with Crippen LogP contribution in [0.1, 0.15) is 18.4 Å². The molecule has 1 aliphatic heterocycles. The van der Waals surface area contributed by atoms with E-state index in [4.69, 9.17) is 0 Å². The summed E-state index contributed by atoms with van der Waals surface area (Å²) in [7, 11) is 6.35. The lowest BCUT2D eigenvalue weighted by molar-refractivity contribution is 0.129. The van der Waals surface area contributed by atoms with E-state index in [1.54, 1.807) is 0 Å². The Morgan fingerprint density at radius 3 is 3.11 bits per heavy atom. The molecule has 4 heteroatoms. The molecule has 2 rings (SSSR count). The van der Waals surface area contributed by atoms with Crippen molar-refractivity contribution in [2.45, 2.75) is 25.4 Å². The molecule has 1 fully saturated rings.